The number of rotatable bonds is 8. The highest BCUT2D eigenvalue weighted by molar-refractivity contribution is 8.13. The van der Waals surface area contributed by atoms with Crippen molar-refractivity contribution >= 4 is 19.7 Å². The summed E-state index contributed by atoms with van der Waals surface area (Å²) in [6.45, 7) is 6.60. The molecule has 5 heteroatoms. The highest BCUT2D eigenvalue weighted by Crippen LogP contribution is 2.29. The molecule has 0 aliphatic carbocycles. The molecule has 0 N–H and O–H groups in total. The Morgan fingerprint density at radius 3 is 2.40 bits per heavy atom. The third-order valence-electron chi connectivity index (χ3n) is 3.55. The predicted octanol–water partition coefficient (Wildman–Crippen LogP) is 4.17. The van der Waals surface area contributed by atoms with E-state index in [1.807, 2.05) is 25.1 Å². The van der Waals surface area contributed by atoms with Crippen molar-refractivity contribution in [2.45, 2.75) is 39.5 Å². The summed E-state index contributed by atoms with van der Waals surface area (Å²) >= 11 is 0. The second-order valence-corrected chi connectivity index (χ2v) is 7.96. The van der Waals surface area contributed by atoms with Gasteiger partial charge in [0, 0.05) is 16.6 Å². The molecule has 0 aliphatic rings. The van der Waals surface area contributed by atoms with E-state index in [9.17, 15) is 8.42 Å². The van der Waals surface area contributed by atoms with E-state index in [4.69, 9.17) is 15.4 Å². The van der Waals surface area contributed by atoms with Crippen LogP contribution in [0, 0.1) is 5.92 Å². The molecule has 0 aliphatic heterocycles. The van der Waals surface area contributed by atoms with Crippen molar-refractivity contribution in [3.63, 3.8) is 0 Å². The smallest absolute Gasteiger partial charge is 0.232 e. The van der Waals surface area contributed by atoms with Crippen LogP contribution in [0.1, 0.15) is 45.1 Å². The van der Waals surface area contributed by atoms with E-state index in [1.165, 1.54) is 5.56 Å². The molecule has 1 aromatic rings. The first-order valence-corrected chi connectivity index (χ1v) is 9.49. The topological polar surface area (TPSA) is 43.4 Å². The van der Waals surface area contributed by atoms with Crippen LogP contribution in [0.4, 0.5) is 0 Å². The molecule has 1 aromatic carbocycles. The lowest BCUT2D eigenvalue weighted by Gasteiger charge is -2.18. The van der Waals surface area contributed by atoms with Crippen molar-refractivity contribution in [3.05, 3.63) is 29.8 Å². The fourth-order valence-corrected chi connectivity index (χ4v) is 3.44. The van der Waals surface area contributed by atoms with Crippen LogP contribution in [0.3, 0.4) is 0 Å². The first kappa shape index (κ1) is 17.3. The normalized spacial score (nSPS) is 14.8. The Labute approximate surface area is 126 Å². The lowest BCUT2D eigenvalue weighted by atomic mass is 9.98. The molecule has 2 atom stereocenters. The van der Waals surface area contributed by atoms with E-state index in [2.05, 4.69) is 19.9 Å². The van der Waals surface area contributed by atoms with Crippen LogP contribution in [0.15, 0.2) is 24.3 Å². The van der Waals surface area contributed by atoms with Crippen LogP contribution in [0.2, 0.25) is 0 Å². The van der Waals surface area contributed by atoms with Gasteiger partial charge in [0.05, 0.1) is 12.4 Å². The Morgan fingerprint density at radius 1 is 1.20 bits per heavy atom. The van der Waals surface area contributed by atoms with Crippen molar-refractivity contribution < 1.29 is 13.2 Å². The molecule has 0 heterocycles. The van der Waals surface area contributed by atoms with Crippen molar-refractivity contribution in [1.82, 2.24) is 0 Å². The van der Waals surface area contributed by atoms with Gasteiger partial charge in [-0.25, -0.2) is 8.42 Å². The van der Waals surface area contributed by atoms with Gasteiger partial charge in [0.1, 0.15) is 5.75 Å². The van der Waals surface area contributed by atoms with Crippen LogP contribution in [0.5, 0.6) is 5.75 Å². The van der Waals surface area contributed by atoms with Crippen molar-refractivity contribution in [3.8, 4) is 5.75 Å². The summed E-state index contributed by atoms with van der Waals surface area (Å²) in [4.78, 5) is 0. The highest BCUT2D eigenvalue weighted by atomic mass is 35.7. The average Bonchev–Trinajstić information content (AvgIpc) is 2.41. The molecule has 0 spiro atoms. The van der Waals surface area contributed by atoms with Crippen LogP contribution < -0.4 is 4.74 Å². The number of benzene rings is 1. The van der Waals surface area contributed by atoms with Crippen LogP contribution in [0.25, 0.3) is 0 Å². The van der Waals surface area contributed by atoms with Gasteiger partial charge in [0.2, 0.25) is 9.05 Å². The maximum absolute atomic E-state index is 11.1. The van der Waals surface area contributed by atoms with Gasteiger partial charge in [-0.1, -0.05) is 39.0 Å². The van der Waals surface area contributed by atoms with Gasteiger partial charge >= 0.3 is 0 Å². The van der Waals surface area contributed by atoms with E-state index in [0.29, 0.717) is 12.5 Å². The predicted molar refractivity (Wildman–Crippen MR) is 84.1 cm³/mol. The third kappa shape index (κ3) is 5.71. The summed E-state index contributed by atoms with van der Waals surface area (Å²) < 4.78 is 28.1. The van der Waals surface area contributed by atoms with Crippen molar-refractivity contribution in [2.24, 2.45) is 5.92 Å². The summed E-state index contributed by atoms with van der Waals surface area (Å²) in [6.07, 6.45) is 1.76. The number of hydrogen-bond donors (Lipinski definition) is 0. The van der Waals surface area contributed by atoms with Gasteiger partial charge in [-0.2, -0.15) is 0 Å². The standard InChI is InChI=1S/C15H23ClO3S/c1-4-12(3)14-8-6-7-9-15(14)19-10-13(5-2)11-20(16,17)18/h6-9,12-13H,4-5,10-11H2,1-3H3. The first-order valence-electron chi connectivity index (χ1n) is 7.01. The number of para-hydroxylation sites is 1. The molecule has 114 valence electrons. The fraction of sp³-hybridized carbons (Fsp3) is 0.600. The zero-order chi connectivity index (χ0) is 15.2. The molecule has 0 saturated carbocycles. The molecule has 2 unspecified atom stereocenters. The van der Waals surface area contributed by atoms with E-state index < -0.39 is 9.05 Å². The Hall–Kier alpha value is -0.740. The maximum Gasteiger partial charge on any atom is 0.232 e. The van der Waals surface area contributed by atoms with Crippen LogP contribution in [-0.2, 0) is 9.05 Å². The summed E-state index contributed by atoms with van der Waals surface area (Å²) in [6, 6.07) is 7.92. The second kappa shape index (κ2) is 7.89. The molecule has 0 amide bonds. The van der Waals surface area contributed by atoms with Gasteiger partial charge in [0.15, 0.2) is 0 Å². The summed E-state index contributed by atoms with van der Waals surface area (Å²) in [5, 5.41) is 0. The fourth-order valence-electron chi connectivity index (χ4n) is 2.01. The minimum atomic E-state index is -3.48. The zero-order valence-corrected chi connectivity index (χ0v) is 13.9. The van der Waals surface area contributed by atoms with E-state index in [0.717, 1.165) is 18.6 Å². The summed E-state index contributed by atoms with van der Waals surface area (Å²) in [5.74, 6) is 1.13. The molecule has 3 nitrogen and oxygen atoms in total. The molecular formula is C15H23ClO3S. The molecule has 0 fully saturated rings. The Morgan fingerprint density at radius 2 is 1.85 bits per heavy atom. The molecule has 0 aromatic heterocycles. The average molecular weight is 319 g/mol. The summed E-state index contributed by atoms with van der Waals surface area (Å²) in [7, 11) is 1.83. The van der Waals surface area contributed by atoms with Crippen molar-refractivity contribution in [2.75, 3.05) is 12.4 Å². The van der Waals surface area contributed by atoms with Crippen LogP contribution >= 0.6 is 10.7 Å². The van der Waals surface area contributed by atoms with E-state index in [1.54, 1.807) is 0 Å². The first-order chi connectivity index (χ1) is 9.37. The van der Waals surface area contributed by atoms with Gasteiger partial charge in [0.25, 0.3) is 0 Å². The van der Waals surface area contributed by atoms with Gasteiger partial charge in [-0.15, -0.1) is 0 Å². The maximum atomic E-state index is 11.1. The zero-order valence-electron chi connectivity index (χ0n) is 12.3. The molecule has 0 bridgehead atoms. The second-order valence-electron chi connectivity index (χ2n) is 5.14. The minimum Gasteiger partial charge on any atom is -0.493 e. The summed E-state index contributed by atoms with van der Waals surface area (Å²) in [5.41, 5.74) is 1.17. The number of hydrogen-bond acceptors (Lipinski definition) is 3. The van der Waals surface area contributed by atoms with E-state index in [-0.39, 0.29) is 11.7 Å². The van der Waals surface area contributed by atoms with E-state index >= 15 is 0 Å². The molecular weight excluding hydrogens is 296 g/mol. The van der Waals surface area contributed by atoms with Gasteiger partial charge in [-0.05, 0) is 30.4 Å². The number of ether oxygens (including phenoxy) is 1. The number of halogens is 1. The van der Waals surface area contributed by atoms with Crippen LogP contribution in [-0.4, -0.2) is 20.8 Å². The Balaban J connectivity index is 2.73. The highest BCUT2D eigenvalue weighted by Gasteiger charge is 2.17. The largest absolute Gasteiger partial charge is 0.493 e. The lowest BCUT2D eigenvalue weighted by Crippen LogP contribution is -2.19. The lowest BCUT2D eigenvalue weighted by molar-refractivity contribution is 0.254. The van der Waals surface area contributed by atoms with Gasteiger partial charge in [-0.3, -0.25) is 0 Å². The third-order valence-corrected chi connectivity index (χ3v) is 4.80. The molecule has 0 radical (unpaired) electrons. The Kier molecular flexibility index (Phi) is 6.83. The molecule has 1 rings (SSSR count). The monoisotopic (exact) mass is 318 g/mol. The minimum absolute atomic E-state index is 0.0451. The SMILES string of the molecule is CCC(COc1ccccc1C(C)CC)CS(=O)(=O)Cl. The van der Waals surface area contributed by atoms with Gasteiger partial charge < -0.3 is 4.74 Å². The molecule has 20 heavy (non-hydrogen) atoms. The quantitative estimate of drug-likeness (QED) is 0.675. The van der Waals surface area contributed by atoms with Crippen molar-refractivity contribution in [1.29, 1.82) is 0 Å². The Bertz CT molecular complexity index is 514. The molecule has 0 saturated heterocycles.